The molecule has 0 saturated carbocycles. The Balaban J connectivity index is 1.79. The average molecular weight is 428 g/mol. The van der Waals surface area contributed by atoms with Gasteiger partial charge in [-0.05, 0) is 55.8 Å². The van der Waals surface area contributed by atoms with E-state index in [1.165, 1.54) is 6.21 Å². The molecule has 30 heavy (non-hydrogen) atoms. The van der Waals surface area contributed by atoms with Crippen LogP contribution in [0.25, 0.3) is 10.9 Å². The van der Waals surface area contributed by atoms with E-state index in [0.29, 0.717) is 30.2 Å². The van der Waals surface area contributed by atoms with Crippen molar-refractivity contribution in [1.29, 1.82) is 0 Å². The minimum Gasteiger partial charge on any atom is -0.497 e. The van der Waals surface area contributed by atoms with E-state index in [1.807, 2.05) is 18.2 Å². The highest BCUT2D eigenvalue weighted by atomic mass is 31.2. The number of pyridine rings is 1. The third-order valence-corrected chi connectivity index (χ3v) is 6.45. The fourth-order valence-electron chi connectivity index (χ4n) is 3.00. The summed E-state index contributed by atoms with van der Waals surface area (Å²) in [5, 5.41) is 0.855. The maximum Gasteiger partial charge on any atom is 0.335 e. The zero-order valence-electron chi connectivity index (χ0n) is 17.3. The fraction of sp³-hybridized carbons (Fsp3) is 0.273. The first-order valence-electron chi connectivity index (χ1n) is 9.68. The first kappa shape index (κ1) is 22.0. The molecule has 0 bridgehead atoms. The van der Waals surface area contributed by atoms with E-state index < -0.39 is 7.60 Å². The molecule has 0 amide bonds. The minimum atomic E-state index is -3.15. The lowest BCUT2D eigenvalue weighted by molar-refractivity contribution is 0.219. The standard InChI is InChI=1S/C22H25N2O5P/c1-4-28-30(26,29-5-2)15-16-6-8-19(9-7-16)23-14-18-12-17-13-20(27-3)10-11-21(17)24-22(18)25/h6-14H,4-5,15H2,1-3H3,(H,24,25). The Morgan fingerprint density at radius 1 is 1.03 bits per heavy atom. The van der Waals surface area contributed by atoms with Crippen molar-refractivity contribution in [2.45, 2.75) is 20.0 Å². The van der Waals surface area contributed by atoms with E-state index in [1.54, 1.807) is 51.3 Å². The number of aliphatic imine (C=N–C) groups is 1. The van der Waals surface area contributed by atoms with E-state index in [4.69, 9.17) is 13.8 Å². The van der Waals surface area contributed by atoms with Gasteiger partial charge >= 0.3 is 7.60 Å². The van der Waals surface area contributed by atoms with E-state index in [-0.39, 0.29) is 11.7 Å². The van der Waals surface area contributed by atoms with Gasteiger partial charge in [-0.3, -0.25) is 14.4 Å². The molecule has 0 aliphatic heterocycles. The number of aromatic nitrogens is 1. The van der Waals surface area contributed by atoms with Crippen LogP contribution in [0.5, 0.6) is 5.75 Å². The van der Waals surface area contributed by atoms with E-state index in [2.05, 4.69) is 9.98 Å². The van der Waals surface area contributed by atoms with Gasteiger partial charge < -0.3 is 18.8 Å². The second-order valence-corrected chi connectivity index (χ2v) is 8.59. The zero-order chi connectivity index (χ0) is 21.6. The van der Waals surface area contributed by atoms with Crippen molar-refractivity contribution >= 4 is 30.4 Å². The van der Waals surface area contributed by atoms with Gasteiger partial charge in [-0.15, -0.1) is 0 Å². The molecule has 7 nitrogen and oxygen atoms in total. The molecular weight excluding hydrogens is 403 g/mol. The van der Waals surface area contributed by atoms with Crippen molar-refractivity contribution in [3.8, 4) is 5.75 Å². The highest BCUT2D eigenvalue weighted by molar-refractivity contribution is 7.53. The number of rotatable bonds is 9. The van der Waals surface area contributed by atoms with Crippen molar-refractivity contribution in [2.75, 3.05) is 20.3 Å². The summed E-state index contributed by atoms with van der Waals surface area (Å²) in [5.41, 5.74) is 2.45. The largest absolute Gasteiger partial charge is 0.497 e. The van der Waals surface area contributed by atoms with Gasteiger partial charge in [0, 0.05) is 17.1 Å². The van der Waals surface area contributed by atoms with Crippen molar-refractivity contribution in [2.24, 2.45) is 4.99 Å². The van der Waals surface area contributed by atoms with Crippen LogP contribution in [0.1, 0.15) is 25.0 Å². The maximum absolute atomic E-state index is 12.6. The number of H-pyrrole nitrogens is 1. The van der Waals surface area contributed by atoms with Gasteiger partial charge in [-0.1, -0.05) is 12.1 Å². The van der Waals surface area contributed by atoms with Crippen LogP contribution < -0.4 is 10.3 Å². The third-order valence-electron chi connectivity index (χ3n) is 4.40. The summed E-state index contributed by atoms with van der Waals surface area (Å²) in [6, 6.07) is 14.5. The molecular formula is C22H25N2O5P. The molecule has 2 aromatic carbocycles. The van der Waals surface area contributed by atoms with Crippen LogP contribution in [0.2, 0.25) is 0 Å². The minimum absolute atomic E-state index is 0.199. The number of ether oxygens (including phenoxy) is 1. The predicted octanol–water partition coefficient (Wildman–Crippen LogP) is 5.05. The SMILES string of the molecule is CCOP(=O)(Cc1ccc(N=Cc2cc3cc(OC)ccc3[nH]c2=O)cc1)OCC. The number of benzene rings is 2. The first-order valence-corrected chi connectivity index (χ1v) is 11.4. The predicted molar refractivity (Wildman–Crippen MR) is 119 cm³/mol. The summed E-state index contributed by atoms with van der Waals surface area (Å²) in [6.45, 7) is 4.22. The van der Waals surface area contributed by atoms with Gasteiger partial charge in [-0.25, -0.2) is 0 Å². The smallest absolute Gasteiger partial charge is 0.335 e. The first-order chi connectivity index (χ1) is 14.5. The highest BCUT2D eigenvalue weighted by Gasteiger charge is 2.23. The van der Waals surface area contributed by atoms with Crippen molar-refractivity contribution in [1.82, 2.24) is 4.98 Å². The normalized spacial score (nSPS) is 12.0. The van der Waals surface area contributed by atoms with Gasteiger partial charge in [0.2, 0.25) is 0 Å². The number of hydrogen-bond donors (Lipinski definition) is 1. The summed E-state index contributed by atoms with van der Waals surface area (Å²) in [7, 11) is -1.55. The average Bonchev–Trinajstić information content (AvgIpc) is 2.73. The molecule has 0 saturated heterocycles. The molecule has 1 heterocycles. The van der Waals surface area contributed by atoms with Crippen molar-refractivity contribution in [3.05, 3.63) is 70.0 Å². The van der Waals surface area contributed by atoms with Gasteiger partial charge in [0.05, 0.1) is 37.7 Å². The molecule has 8 heteroatoms. The lowest BCUT2D eigenvalue weighted by atomic mass is 10.1. The van der Waals surface area contributed by atoms with Crippen LogP contribution >= 0.6 is 7.60 Å². The van der Waals surface area contributed by atoms with Crippen molar-refractivity contribution in [3.63, 3.8) is 0 Å². The Labute approximate surface area is 175 Å². The monoisotopic (exact) mass is 428 g/mol. The Bertz CT molecular complexity index is 1130. The molecule has 0 aliphatic rings. The molecule has 158 valence electrons. The molecule has 0 atom stereocenters. The summed E-state index contributed by atoms with van der Waals surface area (Å²) < 4.78 is 28.5. The quantitative estimate of drug-likeness (QED) is 0.380. The summed E-state index contributed by atoms with van der Waals surface area (Å²) >= 11 is 0. The van der Waals surface area contributed by atoms with Crippen LogP contribution in [-0.4, -0.2) is 31.5 Å². The van der Waals surface area contributed by atoms with E-state index in [9.17, 15) is 9.36 Å². The van der Waals surface area contributed by atoms with Crippen LogP contribution in [0.3, 0.4) is 0 Å². The molecule has 3 aromatic rings. The summed E-state index contributed by atoms with van der Waals surface area (Å²) in [6.07, 6.45) is 1.73. The second kappa shape index (κ2) is 9.85. The molecule has 1 aromatic heterocycles. The van der Waals surface area contributed by atoms with Gasteiger partial charge in [-0.2, -0.15) is 0 Å². The van der Waals surface area contributed by atoms with E-state index in [0.717, 1.165) is 16.5 Å². The van der Waals surface area contributed by atoms with Crippen LogP contribution in [0, 0.1) is 0 Å². The molecule has 0 fully saturated rings. The van der Waals surface area contributed by atoms with Crippen molar-refractivity contribution < 1.29 is 18.3 Å². The molecule has 0 unspecified atom stereocenters. The number of nitrogens with zero attached hydrogens (tertiary/aromatic N) is 1. The van der Waals surface area contributed by atoms with E-state index >= 15 is 0 Å². The van der Waals surface area contributed by atoms with Gasteiger partial charge in [0.1, 0.15) is 5.75 Å². The van der Waals surface area contributed by atoms with Gasteiger partial charge in [0.15, 0.2) is 0 Å². The molecule has 3 rings (SSSR count). The third kappa shape index (κ3) is 5.45. The Morgan fingerprint density at radius 2 is 1.73 bits per heavy atom. The lowest BCUT2D eigenvalue weighted by Crippen LogP contribution is -2.11. The zero-order valence-corrected chi connectivity index (χ0v) is 18.1. The summed E-state index contributed by atoms with van der Waals surface area (Å²) in [5.74, 6) is 0.712. The molecule has 1 N–H and O–H groups in total. The fourth-order valence-corrected chi connectivity index (χ4v) is 4.70. The number of aromatic amines is 1. The molecule has 0 spiro atoms. The van der Waals surface area contributed by atoms with Crippen LogP contribution in [0.15, 0.2) is 58.3 Å². The van der Waals surface area contributed by atoms with Gasteiger partial charge in [0.25, 0.3) is 5.56 Å². The van der Waals surface area contributed by atoms with Crippen LogP contribution in [-0.2, 0) is 19.8 Å². The Hall–Kier alpha value is -2.73. The maximum atomic E-state index is 12.6. The number of nitrogens with one attached hydrogen (secondary N) is 1. The number of methoxy groups -OCH3 is 1. The summed E-state index contributed by atoms with van der Waals surface area (Å²) in [4.78, 5) is 19.5. The van der Waals surface area contributed by atoms with Crippen LogP contribution in [0.4, 0.5) is 5.69 Å². The number of hydrogen-bond acceptors (Lipinski definition) is 6. The highest BCUT2D eigenvalue weighted by Crippen LogP contribution is 2.51. The second-order valence-electron chi connectivity index (χ2n) is 6.54. The number of fused-ring (bicyclic) bond motifs is 1. The lowest BCUT2D eigenvalue weighted by Gasteiger charge is -2.16. The topological polar surface area (TPSA) is 90.0 Å². The molecule has 0 radical (unpaired) electrons. The molecule has 0 aliphatic carbocycles. The Kier molecular flexibility index (Phi) is 7.21. The Morgan fingerprint density at radius 3 is 2.37 bits per heavy atom.